The summed E-state index contributed by atoms with van der Waals surface area (Å²) in [6.45, 7) is 0. The second-order valence-corrected chi connectivity index (χ2v) is 25.7. The van der Waals surface area contributed by atoms with Crippen LogP contribution in [0.3, 0.4) is 0 Å². The molecule has 302 valence electrons. The SMILES string of the molecule is c1ccc(I2c3ccccc3-c3cc4c5ccccc5n(-c5cccc([Si](c6ccccc6)(c6ccccc6)c6cccc(-n7c8ccccc8c8ccccc87)c6)c5)c4cc32)cc1. The van der Waals surface area contributed by atoms with E-state index in [0.29, 0.717) is 0 Å². The Morgan fingerprint density at radius 3 is 1.28 bits per heavy atom. The number of rotatable bonds is 7. The van der Waals surface area contributed by atoms with Gasteiger partial charge in [-0.1, -0.05) is 36.4 Å². The monoisotopic (exact) mass is 944 g/mol. The van der Waals surface area contributed by atoms with E-state index < -0.39 is 27.9 Å². The van der Waals surface area contributed by atoms with Crippen LogP contribution in [0.5, 0.6) is 0 Å². The molecule has 64 heavy (non-hydrogen) atoms. The normalized spacial score (nSPS) is 12.9. The van der Waals surface area contributed by atoms with Gasteiger partial charge in [0, 0.05) is 10.8 Å². The maximum atomic E-state index is 2.57. The molecule has 3 heterocycles. The van der Waals surface area contributed by atoms with Crippen LogP contribution in [-0.2, 0) is 0 Å². The van der Waals surface area contributed by atoms with Crippen molar-refractivity contribution in [2.75, 3.05) is 0 Å². The summed E-state index contributed by atoms with van der Waals surface area (Å²) in [5.74, 6) is 0. The van der Waals surface area contributed by atoms with Gasteiger partial charge in [-0.05, 0) is 12.1 Å². The number of benzene rings is 10. The molecule has 0 spiro atoms. The maximum absolute atomic E-state index is 2.99. The van der Waals surface area contributed by atoms with E-state index in [4.69, 9.17) is 0 Å². The number of hydrogen-bond donors (Lipinski definition) is 0. The molecule has 0 saturated heterocycles. The molecule has 13 rings (SSSR count). The van der Waals surface area contributed by atoms with E-state index in [1.165, 1.54) is 97.6 Å². The van der Waals surface area contributed by atoms with Crippen LogP contribution in [0.4, 0.5) is 0 Å². The topological polar surface area (TPSA) is 9.86 Å². The van der Waals surface area contributed by atoms with E-state index in [2.05, 4.69) is 258 Å². The van der Waals surface area contributed by atoms with Gasteiger partial charge in [-0.2, -0.15) is 0 Å². The first-order valence-electron chi connectivity index (χ1n) is 22.0. The van der Waals surface area contributed by atoms with Crippen molar-refractivity contribution in [1.29, 1.82) is 0 Å². The summed E-state index contributed by atoms with van der Waals surface area (Å²) in [6.07, 6.45) is 0. The fraction of sp³-hybridized carbons (Fsp3) is 0. The van der Waals surface area contributed by atoms with Crippen molar-refractivity contribution in [2.24, 2.45) is 0 Å². The van der Waals surface area contributed by atoms with Crippen molar-refractivity contribution in [3.8, 4) is 22.5 Å². The summed E-state index contributed by atoms with van der Waals surface area (Å²) in [4.78, 5) is 0. The third-order valence-corrected chi connectivity index (χ3v) is 24.2. The zero-order valence-corrected chi connectivity index (χ0v) is 38.1. The minimum atomic E-state index is -2.99. The number of nitrogens with zero attached hydrogens (tertiary/aromatic N) is 2. The predicted molar refractivity (Wildman–Crippen MR) is 281 cm³/mol. The second-order valence-electron chi connectivity index (χ2n) is 16.7. The molecule has 0 N–H and O–H groups in total. The van der Waals surface area contributed by atoms with Crippen molar-refractivity contribution < 1.29 is 0 Å². The molecule has 0 aliphatic carbocycles. The molecule has 0 bridgehead atoms. The van der Waals surface area contributed by atoms with E-state index >= 15 is 0 Å². The average Bonchev–Trinajstić information content (AvgIpc) is 4.00. The second kappa shape index (κ2) is 14.9. The summed E-state index contributed by atoms with van der Waals surface area (Å²) in [7, 11) is -2.99. The molecular weight excluding hydrogens is 904 g/mol. The average molecular weight is 945 g/mol. The zero-order valence-electron chi connectivity index (χ0n) is 34.9. The Hall–Kier alpha value is -7.25. The Bertz CT molecular complexity index is 3650. The molecule has 0 unspecified atom stereocenters. The minimum absolute atomic E-state index is 1.17. The quantitative estimate of drug-likeness (QED) is 0.0856. The number of para-hydroxylation sites is 3. The van der Waals surface area contributed by atoms with Crippen molar-refractivity contribution >= 4 is 92.3 Å². The van der Waals surface area contributed by atoms with Crippen LogP contribution < -0.4 is 20.7 Å². The van der Waals surface area contributed by atoms with Crippen molar-refractivity contribution in [3.63, 3.8) is 0 Å². The molecule has 0 amide bonds. The molecule has 4 heteroatoms. The number of fused-ring (bicyclic) bond motifs is 9. The van der Waals surface area contributed by atoms with Gasteiger partial charge in [-0.3, -0.25) is 0 Å². The molecule has 12 aromatic rings. The fourth-order valence-corrected chi connectivity index (χ4v) is 21.9. The molecule has 2 aromatic heterocycles. The van der Waals surface area contributed by atoms with Gasteiger partial charge in [0.05, 0.1) is 11.0 Å². The Morgan fingerprint density at radius 2 is 0.719 bits per heavy atom. The zero-order chi connectivity index (χ0) is 42.2. The van der Waals surface area contributed by atoms with Crippen molar-refractivity contribution in [3.05, 3.63) is 259 Å². The summed E-state index contributed by atoms with van der Waals surface area (Å²) in [5, 5.41) is 10.5. The van der Waals surface area contributed by atoms with E-state index in [1.807, 2.05) is 0 Å². The molecule has 10 aromatic carbocycles. The molecule has 1 aliphatic rings. The van der Waals surface area contributed by atoms with Crippen LogP contribution in [-0.4, -0.2) is 17.2 Å². The standard InChI is InChI=1S/C60H41IN2Si/c1-4-20-42(21-5-1)61-55-34-14-10-30-49(55)53-40-54-52-33-13-17-37-59(52)63(60(54)41-56(53)61)44-23-19-29-48(39-44)64(45-24-6-2-7-25-45,46-26-8-3-9-27-46)47-28-18-22-43(38-47)62-57-35-15-11-31-50(57)51-32-12-16-36-58(51)62/h1-41H. The van der Waals surface area contributed by atoms with Gasteiger partial charge in [0.1, 0.15) is 0 Å². The third kappa shape index (κ3) is 5.55. The van der Waals surface area contributed by atoms with Crippen LogP contribution in [0.15, 0.2) is 249 Å². The van der Waals surface area contributed by atoms with E-state index in [9.17, 15) is 0 Å². The van der Waals surface area contributed by atoms with E-state index in [-0.39, 0.29) is 0 Å². The van der Waals surface area contributed by atoms with Gasteiger partial charge in [0.15, 0.2) is 0 Å². The molecular formula is C60H41IN2Si. The first-order chi connectivity index (χ1) is 31.8. The molecule has 2 nitrogen and oxygen atoms in total. The molecule has 0 atom stereocenters. The van der Waals surface area contributed by atoms with Gasteiger partial charge in [-0.25, -0.2) is 0 Å². The molecule has 0 radical (unpaired) electrons. The van der Waals surface area contributed by atoms with Crippen molar-refractivity contribution in [2.45, 2.75) is 0 Å². The Labute approximate surface area is 380 Å². The van der Waals surface area contributed by atoms with E-state index in [0.717, 1.165) is 0 Å². The first-order valence-corrected chi connectivity index (χ1v) is 27.2. The van der Waals surface area contributed by atoms with Crippen LogP contribution in [0, 0.1) is 10.7 Å². The Kier molecular flexibility index (Phi) is 8.71. The van der Waals surface area contributed by atoms with Gasteiger partial charge >= 0.3 is 313 Å². The third-order valence-electron chi connectivity index (χ3n) is 13.4. The van der Waals surface area contributed by atoms with Gasteiger partial charge in [0.25, 0.3) is 0 Å². The fourth-order valence-electron chi connectivity index (χ4n) is 10.7. The van der Waals surface area contributed by atoms with Crippen LogP contribution in [0.2, 0.25) is 0 Å². The summed E-state index contributed by atoms with van der Waals surface area (Å²) >= 11 is -1.97. The van der Waals surface area contributed by atoms with Crippen molar-refractivity contribution in [1.82, 2.24) is 9.13 Å². The van der Waals surface area contributed by atoms with Gasteiger partial charge < -0.3 is 0 Å². The van der Waals surface area contributed by atoms with E-state index in [1.54, 1.807) is 0 Å². The molecule has 1 aliphatic heterocycles. The van der Waals surface area contributed by atoms with Gasteiger partial charge in [0.2, 0.25) is 0 Å². The first kappa shape index (κ1) is 37.3. The summed E-state index contributed by atoms with van der Waals surface area (Å²) in [5.41, 5.74) is 10.1. The molecule has 0 fully saturated rings. The Balaban J connectivity index is 1.08. The number of halogens is 1. The number of aromatic nitrogens is 2. The van der Waals surface area contributed by atoms with Gasteiger partial charge in [-0.15, -0.1) is 0 Å². The molecule has 0 saturated carbocycles. The van der Waals surface area contributed by atoms with Crippen LogP contribution >= 0.6 is 19.8 Å². The predicted octanol–water partition coefficient (Wildman–Crippen LogP) is 12.7. The van der Waals surface area contributed by atoms with Crippen LogP contribution in [0.1, 0.15) is 0 Å². The Morgan fingerprint density at radius 1 is 0.281 bits per heavy atom. The summed E-state index contributed by atoms with van der Waals surface area (Å²) < 4.78 is 9.54. The summed E-state index contributed by atoms with van der Waals surface area (Å²) in [6, 6.07) is 93.9. The number of hydrogen-bond acceptors (Lipinski definition) is 0. The van der Waals surface area contributed by atoms with Crippen LogP contribution in [0.25, 0.3) is 66.1 Å².